The van der Waals surface area contributed by atoms with Crippen LogP contribution < -0.4 is 0 Å². The lowest BCUT2D eigenvalue weighted by molar-refractivity contribution is 0.482. The summed E-state index contributed by atoms with van der Waals surface area (Å²) in [6, 6.07) is 45.5. The van der Waals surface area contributed by atoms with E-state index in [0.717, 1.165) is 27.8 Å². The largest absolute Gasteiger partial charge is 0.286 e. The van der Waals surface area contributed by atoms with Crippen molar-refractivity contribution in [1.82, 2.24) is 0 Å². The molecule has 0 heterocycles. The molecule has 0 unspecified atom stereocenters. The van der Waals surface area contributed by atoms with Crippen LogP contribution in [0.5, 0.6) is 0 Å². The molecule has 0 aliphatic carbocycles. The number of rotatable bonds is 5. The first-order chi connectivity index (χ1) is 21.4. The molecule has 4 heteroatoms. The van der Waals surface area contributed by atoms with Crippen LogP contribution in [0.4, 0.5) is 0 Å². The fourth-order valence-electron chi connectivity index (χ4n) is 7.37. The van der Waals surface area contributed by atoms with Crippen LogP contribution in [0, 0.1) is 0 Å². The summed E-state index contributed by atoms with van der Waals surface area (Å²) in [6.45, 7) is 0. The summed E-state index contributed by atoms with van der Waals surface area (Å²) in [7, 11) is -4.12. The minimum atomic E-state index is -4.12. The predicted molar refractivity (Wildman–Crippen MR) is 185 cm³/mol. The van der Waals surface area contributed by atoms with Crippen molar-refractivity contribution in [1.29, 1.82) is 0 Å². The Morgan fingerprint density at radius 1 is 0.455 bits per heavy atom. The third kappa shape index (κ3) is 3.88. The molecule has 0 aliphatic rings. The summed E-state index contributed by atoms with van der Waals surface area (Å²) in [5.41, 5.74) is 5.12. The van der Waals surface area contributed by atoms with Gasteiger partial charge in [-0.1, -0.05) is 121 Å². The molecule has 210 valence electrons. The highest BCUT2D eigenvalue weighted by atomic mass is 32.2. The van der Waals surface area contributed by atoms with E-state index in [1.807, 2.05) is 0 Å². The maximum atomic E-state index is 11.8. The molecular weight excluding hydrogens is 561 g/mol. The average Bonchev–Trinajstić information content (AvgIpc) is 3.04. The van der Waals surface area contributed by atoms with E-state index in [2.05, 4.69) is 127 Å². The quantitative estimate of drug-likeness (QED) is 0.161. The van der Waals surface area contributed by atoms with Crippen molar-refractivity contribution in [3.8, 4) is 22.3 Å². The third-order valence-corrected chi connectivity index (χ3v) is 10.0. The van der Waals surface area contributed by atoms with E-state index in [1.165, 1.54) is 64.6 Å². The number of hydrogen-bond acceptors (Lipinski definition) is 2. The summed E-state index contributed by atoms with van der Waals surface area (Å²) < 4.78 is 33.2. The highest BCUT2D eigenvalue weighted by Gasteiger charge is 2.17. The van der Waals surface area contributed by atoms with Crippen molar-refractivity contribution in [3.05, 3.63) is 133 Å². The van der Waals surface area contributed by atoms with E-state index in [-0.39, 0.29) is 12.2 Å². The van der Waals surface area contributed by atoms with E-state index in [1.54, 1.807) is 0 Å². The van der Waals surface area contributed by atoms with E-state index in [0.29, 0.717) is 0 Å². The molecule has 3 nitrogen and oxygen atoms in total. The van der Waals surface area contributed by atoms with Crippen LogP contribution in [0.15, 0.2) is 127 Å². The SMILES string of the molecule is O=S(=O)(O)CCc1cc(-c2ccc3ccc4cccc5ccc2c3c45)cc(-c2ccc3ccc4cccc5ccc2c3c45)c1. The molecule has 0 radical (unpaired) electrons. The molecule has 0 atom stereocenters. The average molecular weight is 587 g/mol. The van der Waals surface area contributed by atoms with Crippen LogP contribution in [0.1, 0.15) is 5.56 Å². The normalized spacial score (nSPS) is 12.6. The molecule has 9 aromatic rings. The molecule has 44 heavy (non-hydrogen) atoms. The zero-order valence-electron chi connectivity index (χ0n) is 23.7. The Kier molecular flexibility index (Phi) is 5.34. The van der Waals surface area contributed by atoms with Crippen LogP contribution in [0.2, 0.25) is 0 Å². The fourth-order valence-corrected chi connectivity index (χ4v) is 7.86. The zero-order valence-corrected chi connectivity index (χ0v) is 24.5. The van der Waals surface area contributed by atoms with Crippen molar-refractivity contribution in [2.45, 2.75) is 6.42 Å². The standard InChI is InChI=1S/C40H26O3S/c41-44(42,43)20-19-24-21-31(33-15-11-29-9-7-25-3-1-5-27-13-17-35(33)39(29)37(25)27)23-32(22-24)34-16-12-30-10-8-26-4-2-6-28-14-18-36(34)40(30)38(26)28/h1-18,21-23H,19-20H2,(H,41,42,43). The van der Waals surface area contributed by atoms with Crippen LogP contribution in [-0.4, -0.2) is 18.7 Å². The van der Waals surface area contributed by atoms with E-state index < -0.39 is 10.1 Å². The van der Waals surface area contributed by atoms with Crippen molar-refractivity contribution in [2.24, 2.45) is 0 Å². The smallest absolute Gasteiger partial charge is 0.265 e. The van der Waals surface area contributed by atoms with Gasteiger partial charge in [0.2, 0.25) is 0 Å². The molecule has 1 N–H and O–H groups in total. The molecule has 0 aliphatic heterocycles. The van der Waals surface area contributed by atoms with Gasteiger partial charge in [-0.05, 0) is 105 Å². The highest BCUT2D eigenvalue weighted by molar-refractivity contribution is 7.85. The third-order valence-electron chi connectivity index (χ3n) is 9.32. The van der Waals surface area contributed by atoms with Crippen LogP contribution in [0.3, 0.4) is 0 Å². The first-order valence-electron chi connectivity index (χ1n) is 14.8. The second-order valence-corrected chi connectivity index (χ2v) is 13.5. The van der Waals surface area contributed by atoms with Crippen molar-refractivity contribution in [2.75, 3.05) is 5.75 Å². The van der Waals surface area contributed by atoms with E-state index in [4.69, 9.17) is 0 Å². The Morgan fingerprint density at radius 3 is 1.27 bits per heavy atom. The van der Waals surface area contributed by atoms with Crippen LogP contribution >= 0.6 is 0 Å². The van der Waals surface area contributed by atoms with Crippen molar-refractivity contribution >= 4 is 74.8 Å². The molecule has 0 fully saturated rings. The maximum Gasteiger partial charge on any atom is 0.265 e. The van der Waals surface area contributed by atoms with Gasteiger partial charge in [0.15, 0.2) is 0 Å². The molecule has 0 bridgehead atoms. The summed E-state index contributed by atoms with van der Waals surface area (Å²) >= 11 is 0. The van der Waals surface area contributed by atoms with Gasteiger partial charge in [-0.2, -0.15) is 8.42 Å². The molecular formula is C40H26O3S. The molecule has 0 spiro atoms. The van der Waals surface area contributed by atoms with Gasteiger partial charge in [0.05, 0.1) is 5.75 Å². The lowest BCUT2D eigenvalue weighted by Crippen LogP contribution is -2.06. The molecule has 0 saturated heterocycles. The Balaban J connectivity index is 1.32. The molecule has 9 rings (SSSR count). The van der Waals surface area contributed by atoms with Gasteiger partial charge in [-0.15, -0.1) is 0 Å². The monoisotopic (exact) mass is 586 g/mol. The number of benzene rings is 9. The van der Waals surface area contributed by atoms with Crippen molar-refractivity contribution in [3.63, 3.8) is 0 Å². The summed E-state index contributed by atoms with van der Waals surface area (Å²) in [4.78, 5) is 0. The minimum absolute atomic E-state index is 0.220. The Labute approximate surface area is 254 Å². The van der Waals surface area contributed by atoms with E-state index >= 15 is 0 Å². The van der Waals surface area contributed by atoms with Gasteiger partial charge in [0.1, 0.15) is 0 Å². The summed E-state index contributed by atoms with van der Waals surface area (Å²) in [6.07, 6.45) is 0.220. The molecule has 9 aromatic carbocycles. The second-order valence-electron chi connectivity index (χ2n) is 11.9. The first kappa shape index (κ1) is 25.5. The number of aryl methyl sites for hydroxylation is 1. The summed E-state index contributed by atoms with van der Waals surface area (Å²) in [5.74, 6) is -0.327. The topological polar surface area (TPSA) is 54.4 Å². The maximum absolute atomic E-state index is 11.8. The Bertz CT molecular complexity index is 2490. The van der Waals surface area contributed by atoms with Gasteiger partial charge in [0, 0.05) is 0 Å². The number of hydrogen-bond donors (Lipinski definition) is 1. The van der Waals surface area contributed by atoms with Crippen LogP contribution in [0.25, 0.3) is 86.9 Å². The van der Waals surface area contributed by atoms with Gasteiger partial charge in [-0.3, -0.25) is 4.55 Å². The van der Waals surface area contributed by atoms with Gasteiger partial charge < -0.3 is 0 Å². The molecule has 0 amide bonds. The predicted octanol–water partition coefficient (Wildman–Crippen LogP) is 10.2. The van der Waals surface area contributed by atoms with E-state index in [9.17, 15) is 13.0 Å². The molecule has 0 saturated carbocycles. The molecule has 0 aromatic heterocycles. The van der Waals surface area contributed by atoms with Gasteiger partial charge >= 0.3 is 0 Å². The lowest BCUT2D eigenvalue weighted by Gasteiger charge is -2.17. The second kappa shape index (κ2) is 9.23. The fraction of sp³-hybridized carbons (Fsp3) is 0.0500. The first-order valence-corrected chi connectivity index (χ1v) is 16.5. The van der Waals surface area contributed by atoms with Gasteiger partial charge in [-0.25, -0.2) is 0 Å². The van der Waals surface area contributed by atoms with Gasteiger partial charge in [0.25, 0.3) is 10.1 Å². The summed E-state index contributed by atoms with van der Waals surface area (Å²) in [5, 5.41) is 14.6. The highest BCUT2D eigenvalue weighted by Crippen LogP contribution is 2.43. The van der Waals surface area contributed by atoms with Crippen molar-refractivity contribution < 1.29 is 13.0 Å². The Morgan fingerprint density at radius 2 is 0.841 bits per heavy atom. The van der Waals surface area contributed by atoms with Crippen LogP contribution in [-0.2, 0) is 16.5 Å². The lowest BCUT2D eigenvalue weighted by atomic mass is 9.86. The zero-order chi connectivity index (χ0) is 29.6. The minimum Gasteiger partial charge on any atom is -0.286 e. The Hall–Kier alpha value is -5.03.